The van der Waals surface area contributed by atoms with Gasteiger partial charge in [-0.15, -0.1) is 0 Å². The number of nitriles is 1. The molecule has 2 aromatic rings. The summed E-state index contributed by atoms with van der Waals surface area (Å²) >= 11 is 3.32. The minimum absolute atomic E-state index is 0.317. The summed E-state index contributed by atoms with van der Waals surface area (Å²) < 4.78 is 13.9. The molecule has 0 heterocycles. The Morgan fingerprint density at radius 3 is 2.65 bits per heavy atom. The molecule has 2 nitrogen and oxygen atoms in total. The van der Waals surface area contributed by atoms with E-state index in [0.717, 1.165) is 4.47 Å². The smallest absolute Gasteiger partial charge is 0.184 e. The molecule has 0 aliphatic rings. The molecule has 2 rings (SSSR count). The SMILES string of the molecule is Cc1cc(F)ccc1C(=O)C(C#N)c1cccc(Br)c1. The lowest BCUT2D eigenvalue weighted by molar-refractivity contribution is 0.0978. The van der Waals surface area contributed by atoms with E-state index in [1.165, 1.54) is 18.2 Å². The van der Waals surface area contributed by atoms with Crippen molar-refractivity contribution in [3.8, 4) is 6.07 Å². The van der Waals surface area contributed by atoms with E-state index >= 15 is 0 Å². The third kappa shape index (κ3) is 2.94. The fourth-order valence-electron chi connectivity index (χ4n) is 2.03. The molecule has 0 aliphatic heterocycles. The van der Waals surface area contributed by atoms with Gasteiger partial charge in [-0.2, -0.15) is 5.26 Å². The second kappa shape index (κ2) is 5.98. The number of hydrogen-bond donors (Lipinski definition) is 0. The molecular formula is C16H11BrFNO. The highest BCUT2D eigenvalue weighted by Crippen LogP contribution is 2.25. The Morgan fingerprint density at radius 2 is 2.05 bits per heavy atom. The number of carbonyl (C=O) groups excluding carboxylic acids is 1. The van der Waals surface area contributed by atoms with Crippen LogP contribution >= 0.6 is 15.9 Å². The van der Waals surface area contributed by atoms with Crippen molar-refractivity contribution < 1.29 is 9.18 Å². The van der Waals surface area contributed by atoms with Crippen molar-refractivity contribution in [1.82, 2.24) is 0 Å². The zero-order valence-electron chi connectivity index (χ0n) is 10.7. The van der Waals surface area contributed by atoms with Gasteiger partial charge in [0.2, 0.25) is 0 Å². The monoisotopic (exact) mass is 331 g/mol. The second-order valence-electron chi connectivity index (χ2n) is 4.44. The van der Waals surface area contributed by atoms with Crippen LogP contribution in [0.3, 0.4) is 0 Å². The van der Waals surface area contributed by atoms with Gasteiger partial charge in [-0.3, -0.25) is 4.79 Å². The average molecular weight is 332 g/mol. The van der Waals surface area contributed by atoms with Crippen molar-refractivity contribution in [1.29, 1.82) is 5.26 Å². The first-order valence-electron chi connectivity index (χ1n) is 5.98. The molecule has 0 saturated carbocycles. The minimum atomic E-state index is -0.892. The van der Waals surface area contributed by atoms with Crippen molar-refractivity contribution in [3.63, 3.8) is 0 Å². The molecule has 0 aromatic heterocycles. The van der Waals surface area contributed by atoms with E-state index in [9.17, 15) is 14.4 Å². The van der Waals surface area contributed by atoms with Crippen molar-refractivity contribution in [3.05, 3.63) is 69.4 Å². The summed E-state index contributed by atoms with van der Waals surface area (Å²) in [4.78, 5) is 12.5. The van der Waals surface area contributed by atoms with Crippen LogP contribution in [-0.2, 0) is 0 Å². The topological polar surface area (TPSA) is 40.9 Å². The molecular weight excluding hydrogens is 321 g/mol. The number of rotatable bonds is 3. The molecule has 0 bridgehead atoms. The number of hydrogen-bond acceptors (Lipinski definition) is 2. The number of nitrogens with zero attached hydrogens (tertiary/aromatic N) is 1. The highest BCUT2D eigenvalue weighted by Gasteiger charge is 2.23. The quantitative estimate of drug-likeness (QED) is 0.783. The van der Waals surface area contributed by atoms with Crippen molar-refractivity contribution in [2.24, 2.45) is 0 Å². The summed E-state index contributed by atoms with van der Waals surface area (Å²) in [6.45, 7) is 1.66. The Morgan fingerprint density at radius 1 is 1.30 bits per heavy atom. The molecule has 0 radical (unpaired) electrons. The minimum Gasteiger partial charge on any atom is -0.292 e. The summed E-state index contributed by atoms with van der Waals surface area (Å²) in [5, 5.41) is 9.29. The van der Waals surface area contributed by atoms with E-state index in [2.05, 4.69) is 15.9 Å². The van der Waals surface area contributed by atoms with E-state index in [-0.39, 0.29) is 5.78 Å². The number of carbonyl (C=O) groups is 1. The highest BCUT2D eigenvalue weighted by molar-refractivity contribution is 9.10. The van der Waals surface area contributed by atoms with Crippen LogP contribution in [0.1, 0.15) is 27.4 Å². The largest absolute Gasteiger partial charge is 0.292 e. The average Bonchev–Trinajstić information content (AvgIpc) is 2.39. The maximum Gasteiger partial charge on any atom is 0.184 e. The maximum absolute atomic E-state index is 13.1. The summed E-state index contributed by atoms with van der Waals surface area (Å²) in [6.07, 6.45) is 0. The second-order valence-corrected chi connectivity index (χ2v) is 5.36. The van der Waals surface area contributed by atoms with Gasteiger partial charge in [0, 0.05) is 10.0 Å². The lowest BCUT2D eigenvalue weighted by Gasteiger charge is -2.11. The Hall–Kier alpha value is -1.99. The zero-order valence-corrected chi connectivity index (χ0v) is 12.3. The first-order valence-corrected chi connectivity index (χ1v) is 6.77. The van der Waals surface area contributed by atoms with Crippen LogP contribution < -0.4 is 0 Å². The van der Waals surface area contributed by atoms with Gasteiger partial charge in [-0.25, -0.2) is 4.39 Å². The fourth-order valence-corrected chi connectivity index (χ4v) is 2.45. The zero-order chi connectivity index (χ0) is 14.7. The van der Waals surface area contributed by atoms with Gasteiger partial charge in [0.15, 0.2) is 5.78 Å². The summed E-state index contributed by atoms with van der Waals surface area (Å²) in [7, 11) is 0. The van der Waals surface area contributed by atoms with Crippen LogP contribution in [-0.4, -0.2) is 5.78 Å². The summed E-state index contributed by atoms with van der Waals surface area (Å²) in [5.74, 6) is -1.60. The van der Waals surface area contributed by atoms with Gasteiger partial charge in [-0.05, 0) is 48.4 Å². The molecule has 0 spiro atoms. The maximum atomic E-state index is 13.1. The number of aryl methyl sites for hydroxylation is 1. The number of ketones is 1. The van der Waals surface area contributed by atoms with Crippen molar-refractivity contribution in [2.45, 2.75) is 12.8 Å². The fraction of sp³-hybridized carbons (Fsp3) is 0.125. The van der Waals surface area contributed by atoms with Gasteiger partial charge in [-0.1, -0.05) is 28.1 Å². The lowest BCUT2D eigenvalue weighted by atomic mass is 9.90. The molecule has 0 fully saturated rings. The first kappa shape index (κ1) is 14.4. The lowest BCUT2D eigenvalue weighted by Crippen LogP contribution is -2.12. The normalized spacial score (nSPS) is 11.7. The third-order valence-corrected chi connectivity index (χ3v) is 3.52. The molecule has 0 saturated heterocycles. The molecule has 4 heteroatoms. The van der Waals surface area contributed by atoms with E-state index in [0.29, 0.717) is 16.7 Å². The van der Waals surface area contributed by atoms with Crippen LogP contribution in [0.2, 0.25) is 0 Å². The Labute approximate surface area is 125 Å². The predicted octanol–water partition coefficient (Wildman–Crippen LogP) is 4.39. The molecule has 1 atom stereocenters. The Balaban J connectivity index is 2.42. The summed E-state index contributed by atoms with van der Waals surface area (Å²) in [6, 6.07) is 13.0. The predicted molar refractivity (Wildman–Crippen MR) is 78.0 cm³/mol. The van der Waals surface area contributed by atoms with Gasteiger partial charge < -0.3 is 0 Å². The van der Waals surface area contributed by atoms with E-state index in [4.69, 9.17) is 0 Å². The molecule has 100 valence electrons. The van der Waals surface area contributed by atoms with E-state index < -0.39 is 11.7 Å². The van der Waals surface area contributed by atoms with Gasteiger partial charge in [0.05, 0.1) is 6.07 Å². The van der Waals surface area contributed by atoms with Crippen LogP contribution in [0.5, 0.6) is 0 Å². The van der Waals surface area contributed by atoms with Gasteiger partial charge >= 0.3 is 0 Å². The third-order valence-electron chi connectivity index (χ3n) is 3.03. The number of benzene rings is 2. The van der Waals surface area contributed by atoms with Crippen LogP contribution in [0.25, 0.3) is 0 Å². The van der Waals surface area contributed by atoms with Gasteiger partial charge in [0.1, 0.15) is 11.7 Å². The van der Waals surface area contributed by atoms with Crippen molar-refractivity contribution in [2.75, 3.05) is 0 Å². The highest BCUT2D eigenvalue weighted by atomic mass is 79.9. The van der Waals surface area contributed by atoms with Crippen LogP contribution in [0, 0.1) is 24.1 Å². The molecule has 20 heavy (non-hydrogen) atoms. The molecule has 0 aliphatic carbocycles. The number of Topliss-reactive ketones (excluding diaryl/α,β-unsaturated/α-hetero) is 1. The van der Waals surface area contributed by atoms with Crippen molar-refractivity contribution >= 4 is 21.7 Å². The van der Waals surface area contributed by atoms with E-state index in [1.54, 1.807) is 25.1 Å². The summed E-state index contributed by atoms with van der Waals surface area (Å²) in [5.41, 5.74) is 1.53. The van der Waals surface area contributed by atoms with Crippen LogP contribution in [0.15, 0.2) is 46.9 Å². The molecule has 0 amide bonds. The molecule has 2 aromatic carbocycles. The van der Waals surface area contributed by atoms with E-state index in [1.807, 2.05) is 12.1 Å². The molecule has 1 unspecified atom stereocenters. The Bertz CT molecular complexity index is 706. The van der Waals surface area contributed by atoms with Gasteiger partial charge in [0.25, 0.3) is 0 Å². The van der Waals surface area contributed by atoms with Crippen LogP contribution in [0.4, 0.5) is 4.39 Å². The Kier molecular flexibility index (Phi) is 4.31. The first-order chi connectivity index (χ1) is 9.52. The standard InChI is InChI=1S/C16H11BrFNO/c1-10-7-13(18)5-6-14(10)16(20)15(9-19)11-3-2-4-12(17)8-11/h2-8,15H,1H3. The number of halogens is 2. The molecule has 0 N–H and O–H groups in total.